The molecule has 0 fully saturated rings. The Hall–Kier alpha value is -0.880. The van der Waals surface area contributed by atoms with E-state index in [9.17, 15) is 13.2 Å². The van der Waals surface area contributed by atoms with Crippen molar-refractivity contribution in [1.29, 1.82) is 0 Å². The standard InChI is InChI=1S/C13H14ClF3N2S/c1-9-3-2-4-10-12(9)19(11(18-10)5-6-14)7-8-20-13(15,16)17/h2-4H,5-8H2,1H3. The number of halogens is 4. The number of rotatable bonds is 5. The third-order valence-corrected chi connectivity index (χ3v) is 3.85. The van der Waals surface area contributed by atoms with Gasteiger partial charge in [0.15, 0.2) is 0 Å². The maximum atomic E-state index is 12.2. The van der Waals surface area contributed by atoms with Gasteiger partial charge in [0.2, 0.25) is 0 Å². The van der Waals surface area contributed by atoms with Gasteiger partial charge < -0.3 is 4.57 Å². The third-order valence-electron chi connectivity index (χ3n) is 2.95. The van der Waals surface area contributed by atoms with Crippen LogP contribution in [0.2, 0.25) is 0 Å². The molecule has 0 saturated heterocycles. The molecule has 7 heteroatoms. The first-order valence-corrected chi connectivity index (χ1v) is 7.66. The van der Waals surface area contributed by atoms with Gasteiger partial charge in [-0.25, -0.2) is 4.98 Å². The summed E-state index contributed by atoms with van der Waals surface area (Å²) in [5, 5.41) is 0. The molecule has 0 amide bonds. The van der Waals surface area contributed by atoms with Gasteiger partial charge in [-0.05, 0) is 30.3 Å². The topological polar surface area (TPSA) is 17.8 Å². The lowest BCUT2D eigenvalue weighted by molar-refractivity contribution is -0.0328. The number of thioether (sulfide) groups is 1. The first-order chi connectivity index (χ1) is 9.42. The average molecular weight is 323 g/mol. The Morgan fingerprint density at radius 2 is 2.10 bits per heavy atom. The van der Waals surface area contributed by atoms with Crippen LogP contribution in [0.5, 0.6) is 0 Å². The summed E-state index contributed by atoms with van der Waals surface area (Å²) in [4.78, 5) is 4.47. The Labute approximate surface area is 124 Å². The molecule has 2 nitrogen and oxygen atoms in total. The Kier molecular flexibility index (Phi) is 4.86. The van der Waals surface area contributed by atoms with Crippen molar-refractivity contribution in [1.82, 2.24) is 9.55 Å². The molecule has 2 aromatic rings. The normalized spacial score (nSPS) is 12.2. The second-order valence-corrected chi connectivity index (χ2v) is 5.89. The van der Waals surface area contributed by atoms with Crippen LogP contribution in [0.1, 0.15) is 11.4 Å². The van der Waals surface area contributed by atoms with E-state index in [-0.39, 0.29) is 24.1 Å². The fourth-order valence-electron chi connectivity index (χ4n) is 2.18. The SMILES string of the molecule is Cc1cccc2nc(CCCl)n(CCSC(F)(F)F)c12. The number of hydrogen-bond acceptors (Lipinski definition) is 2. The fraction of sp³-hybridized carbons (Fsp3) is 0.462. The van der Waals surface area contributed by atoms with Crippen LogP contribution in [0.4, 0.5) is 13.2 Å². The van der Waals surface area contributed by atoms with Crippen LogP contribution in [0.25, 0.3) is 11.0 Å². The van der Waals surface area contributed by atoms with Crippen molar-refractivity contribution >= 4 is 34.4 Å². The molecule has 0 spiro atoms. The maximum Gasteiger partial charge on any atom is 0.441 e. The van der Waals surface area contributed by atoms with E-state index in [1.807, 2.05) is 29.7 Å². The number of hydrogen-bond donors (Lipinski definition) is 0. The smallest absolute Gasteiger partial charge is 0.327 e. The molecule has 0 aliphatic carbocycles. The van der Waals surface area contributed by atoms with Gasteiger partial charge in [-0.1, -0.05) is 12.1 Å². The number of nitrogens with zero attached hydrogens (tertiary/aromatic N) is 2. The molecular weight excluding hydrogens is 309 g/mol. The van der Waals surface area contributed by atoms with Gasteiger partial charge in [0.1, 0.15) is 5.82 Å². The molecule has 110 valence electrons. The van der Waals surface area contributed by atoms with E-state index in [4.69, 9.17) is 11.6 Å². The van der Waals surface area contributed by atoms with Crippen molar-refractivity contribution in [2.45, 2.75) is 25.4 Å². The van der Waals surface area contributed by atoms with Gasteiger partial charge in [0.25, 0.3) is 0 Å². The van der Waals surface area contributed by atoms with E-state index in [1.165, 1.54) is 0 Å². The van der Waals surface area contributed by atoms with Crippen molar-refractivity contribution in [3.8, 4) is 0 Å². The highest BCUT2D eigenvalue weighted by Gasteiger charge is 2.27. The van der Waals surface area contributed by atoms with E-state index < -0.39 is 5.51 Å². The minimum atomic E-state index is -4.20. The predicted octanol–water partition coefficient (Wildman–Crippen LogP) is 4.38. The second-order valence-electron chi connectivity index (χ2n) is 4.36. The number of imidazole rings is 1. The minimum absolute atomic E-state index is 0.00859. The number of aromatic nitrogens is 2. The van der Waals surface area contributed by atoms with Crippen molar-refractivity contribution in [2.24, 2.45) is 0 Å². The van der Waals surface area contributed by atoms with Gasteiger partial charge in [-0.2, -0.15) is 13.2 Å². The molecule has 0 atom stereocenters. The molecule has 1 aromatic carbocycles. The molecule has 0 aliphatic rings. The maximum absolute atomic E-state index is 12.2. The molecule has 1 aromatic heterocycles. The molecule has 0 radical (unpaired) electrons. The second kappa shape index (κ2) is 6.26. The molecule has 0 N–H and O–H groups in total. The van der Waals surface area contributed by atoms with E-state index in [0.29, 0.717) is 12.3 Å². The Balaban J connectivity index is 2.31. The summed E-state index contributed by atoms with van der Waals surface area (Å²) in [5.41, 5.74) is -1.48. The van der Waals surface area contributed by atoms with Gasteiger partial charge in [0, 0.05) is 24.6 Å². The lowest BCUT2D eigenvalue weighted by Gasteiger charge is -2.11. The molecule has 1 heterocycles. The monoisotopic (exact) mass is 322 g/mol. The van der Waals surface area contributed by atoms with Crippen LogP contribution in [0, 0.1) is 6.92 Å². The lowest BCUT2D eigenvalue weighted by Crippen LogP contribution is -2.10. The summed E-state index contributed by atoms with van der Waals surface area (Å²) < 4.78 is 38.6. The van der Waals surface area contributed by atoms with E-state index >= 15 is 0 Å². The summed E-state index contributed by atoms with van der Waals surface area (Å²) in [6.07, 6.45) is 0.548. The molecule has 2 rings (SSSR count). The van der Waals surface area contributed by atoms with Crippen molar-refractivity contribution in [3.05, 3.63) is 29.6 Å². The molecule has 20 heavy (non-hydrogen) atoms. The number of aryl methyl sites for hydroxylation is 3. The van der Waals surface area contributed by atoms with E-state index in [2.05, 4.69) is 4.98 Å². The molecule has 0 unspecified atom stereocenters. The molecular formula is C13H14ClF3N2S. The Bertz CT molecular complexity index is 595. The van der Waals surface area contributed by atoms with Crippen molar-refractivity contribution in [2.75, 3.05) is 11.6 Å². The summed E-state index contributed by atoms with van der Waals surface area (Å²) in [6, 6.07) is 5.69. The highest BCUT2D eigenvalue weighted by molar-refractivity contribution is 8.00. The summed E-state index contributed by atoms with van der Waals surface area (Å²) >= 11 is 5.73. The fourth-order valence-corrected chi connectivity index (χ4v) is 2.86. The zero-order valence-corrected chi connectivity index (χ0v) is 12.4. The highest BCUT2D eigenvalue weighted by atomic mass is 35.5. The first kappa shape index (κ1) is 15.5. The van der Waals surface area contributed by atoms with Crippen molar-refractivity contribution < 1.29 is 13.2 Å². The number of para-hydroxylation sites is 1. The van der Waals surface area contributed by atoms with Crippen LogP contribution in [-0.4, -0.2) is 26.7 Å². The van der Waals surface area contributed by atoms with Crippen LogP contribution in [0.15, 0.2) is 18.2 Å². The van der Waals surface area contributed by atoms with Crippen LogP contribution in [0.3, 0.4) is 0 Å². The minimum Gasteiger partial charge on any atom is -0.327 e. The van der Waals surface area contributed by atoms with Crippen LogP contribution < -0.4 is 0 Å². The Morgan fingerprint density at radius 3 is 2.75 bits per heavy atom. The summed E-state index contributed by atoms with van der Waals surface area (Å²) in [6.45, 7) is 2.21. The largest absolute Gasteiger partial charge is 0.441 e. The molecule has 0 saturated carbocycles. The van der Waals surface area contributed by atoms with Crippen LogP contribution in [-0.2, 0) is 13.0 Å². The Morgan fingerprint density at radius 1 is 1.35 bits per heavy atom. The number of fused-ring (bicyclic) bond motifs is 1. The zero-order valence-electron chi connectivity index (χ0n) is 10.9. The lowest BCUT2D eigenvalue weighted by atomic mass is 10.2. The van der Waals surface area contributed by atoms with Crippen LogP contribution >= 0.6 is 23.4 Å². The van der Waals surface area contributed by atoms with Gasteiger partial charge in [-0.15, -0.1) is 11.6 Å². The summed E-state index contributed by atoms with van der Waals surface area (Å²) in [5.74, 6) is 1.11. The van der Waals surface area contributed by atoms with Gasteiger partial charge in [0.05, 0.1) is 11.0 Å². The number of benzene rings is 1. The molecule has 0 bridgehead atoms. The third kappa shape index (κ3) is 3.61. The van der Waals surface area contributed by atoms with Gasteiger partial charge >= 0.3 is 5.51 Å². The number of alkyl halides is 4. The summed E-state index contributed by atoms with van der Waals surface area (Å²) in [7, 11) is 0. The van der Waals surface area contributed by atoms with E-state index in [0.717, 1.165) is 22.4 Å². The average Bonchev–Trinajstić information content (AvgIpc) is 2.68. The van der Waals surface area contributed by atoms with E-state index in [1.54, 1.807) is 0 Å². The molecule has 0 aliphatic heterocycles. The quantitative estimate of drug-likeness (QED) is 0.760. The van der Waals surface area contributed by atoms with Gasteiger partial charge in [-0.3, -0.25) is 0 Å². The highest BCUT2D eigenvalue weighted by Crippen LogP contribution is 2.31. The first-order valence-electron chi connectivity index (χ1n) is 6.14. The van der Waals surface area contributed by atoms with Crippen molar-refractivity contribution in [3.63, 3.8) is 0 Å². The zero-order chi connectivity index (χ0) is 14.8. The predicted molar refractivity (Wildman–Crippen MR) is 77.4 cm³/mol.